The Bertz CT molecular complexity index is 140. The highest BCUT2D eigenvalue weighted by molar-refractivity contribution is 5.83. The number of carbonyl (C=O) groups excluding carboxylic acids is 1. The number of nitrogens with one attached hydrogen (secondary N) is 1. The summed E-state index contributed by atoms with van der Waals surface area (Å²) in [5.74, 6) is -1.05. The zero-order valence-electron chi connectivity index (χ0n) is 5.44. The van der Waals surface area contributed by atoms with E-state index in [9.17, 15) is 13.6 Å². The molecule has 0 aromatic carbocycles. The summed E-state index contributed by atoms with van der Waals surface area (Å²) in [5.41, 5.74) is 0. The number of alkyl halides is 2. The first kappa shape index (κ1) is 7.44. The van der Waals surface area contributed by atoms with Gasteiger partial charge in [-0.05, 0) is 6.42 Å². The average Bonchev–Trinajstić information content (AvgIpc) is 2.20. The summed E-state index contributed by atoms with van der Waals surface area (Å²) >= 11 is 0. The van der Waals surface area contributed by atoms with Gasteiger partial charge in [-0.25, -0.2) is 4.39 Å². The van der Waals surface area contributed by atoms with E-state index in [2.05, 4.69) is 5.32 Å². The van der Waals surface area contributed by atoms with Crippen LogP contribution in [0.5, 0.6) is 0 Å². The van der Waals surface area contributed by atoms with Crippen LogP contribution in [0.15, 0.2) is 0 Å². The minimum Gasteiger partial charge on any atom is -0.353 e. The van der Waals surface area contributed by atoms with Crippen LogP contribution in [-0.2, 0) is 4.79 Å². The Morgan fingerprint density at radius 3 is 2.80 bits per heavy atom. The monoisotopic (exact) mass is 149 g/mol. The van der Waals surface area contributed by atoms with E-state index < -0.39 is 24.7 Å². The van der Waals surface area contributed by atoms with Crippen LogP contribution in [0, 0.1) is 5.92 Å². The maximum absolute atomic E-state index is 12.6. The Morgan fingerprint density at radius 1 is 1.70 bits per heavy atom. The molecule has 0 aromatic rings. The zero-order chi connectivity index (χ0) is 7.56. The minimum atomic E-state index is -1.49. The lowest BCUT2D eigenvalue weighted by molar-refractivity contribution is -0.123. The molecule has 4 heteroatoms. The molecule has 0 unspecified atom stereocenters. The number of hydrogen-bond acceptors (Lipinski definition) is 1. The fourth-order valence-corrected chi connectivity index (χ4v) is 1.04. The van der Waals surface area contributed by atoms with E-state index in [1.165, 1.54) is 0 Å². The van der Waals surface area contributed by atoms with Crippen molar-refractivity contribution >= 4 is 5.91 Å². The molecule has 0 spiro atoms. The van der Waals surface area contributed by atoms with Crippen molar-refractivity contribution in [1.29, 1.82) is 0 Å². The molecule has 0 aliphatic carbocycles. The number of rotatable bonds is 2. The van der Waals surface area contributed by atoms with Crippen LogP contribution in [0.3, 0.4) is 0 Å². The van der Waals surface area contributed by atoms with Gasteiger partial charge in [0, 0.05) is 12.5 Å². The van der Waals surface area contributed by atoms with Crippen molar-refractivity contribution in [2.45, 2.75) is 12.6 Å². The molecule has 58 valence electrons. The van der Waals surface area contributed by atoms with Crippen LogP contribution < -0.4 is 5.32 Å². The third kappa shape index (κ3) is 1.25. The first-order chi connectivity index (χ1) is 4.75. The van der Waals surface area contributed by atoms with Crippen LogP contribution in [0.4, 0.5) is 8.78 Å². The van der Waals surface area contributed by atoms with Crippen molar-refractivity contribution in [3.63, 3.8) is 0 Å². The molecule has 1 fully saturated rings. The quantitative estimate of drug-likeness (QED) is 0.606. The van der Waals surface area contributed by atoms with Gasteiger partial charge in [0.25, 0.3) is 5.91 Å². The van der Waals surface area contributed by atoms with Crippen LogP contribution >= 0.6 is 0 Å². The lowest BCUT2D eigenvalue weighted by atomic mass is 10.0. The first-order valence-electron chi connectivity index (χ1n) is 3.23. The molecule has 2 nitrogen and oxygen atoms in total. The lowest BCUT2D eigenvalue weighted by Crippen LogP contribution is -2.20. The van der Waals surface area contributed by atoms with Crippen molar-refractivity contribution in [1.82, 2.24) is 5.32 Å². The Kier molecular flexibility index (Phi) is 2.19. The van der Waals surface area contributed by atoms with Gasteiger partial charge < -0.3 is 5.32 Å². The summed E-state index contributed by atoms with van der Waals surface area (Å²) in [6.45, 7) is -0.274. The maximum Gasteiger partial charge on any atom is 0.254 e. The molecule has 0 radical (unpaired) electrons. The van der Waals surface area contributed by atoms with Gasteiger partial charge in [-0.15, -0.1) is 0 Å². The molecule has 1 N–H and O–H groups in total. The Balaban J connectivity index is 2.41. The van der Waals surface area contributed by atoms with Crippen LogP contribution in [0.25, 0.3) is 0 Å². The van der Waals surface area contributed by atoms with Crippen LogP contribution in [-0.4, -0.2) is 25.3 Å². The van der Waals surface area contributed by atoms with Gasteiger partial charge in [0.2, 0.25) is 0 Å². The second-order valence-corrected chi connectivity index (χ2v) is 2.38. The van der Waals surface area contributed by atoms with E-state index in [1.54, 1.807) is 0 Å². The third-order valence-electron chi connectivity index (χ3n) is 1.68. The predicted octanol–water partition coefficient (Wildman–Crippen LogP) is 0.430. The standard InChI is InChI=1S/C6H9F2NO/c7-2-1-4-3-9-6(10)5(4)8/h4-5H,1-3H2,(H,9,10)/t4-,5-/m0/s1. The molecule has 0 bridgehead atoms. The van der Waals surface area contributed by atoms with Gasteiger partial charge in [0.05, 0.1) is 6.67 Å². The highest BCUT2D eigenvalue weighted by atomic mass is 19.1. The van der Waals surface area contributed by atoms with Gasteiger partial charge >= 0.3 is 0 Å². The van der Waals surface area contributed by atoms with E-state index in [-0.39, 0.29) is 13.0 Å². The average molecular weight is 149 g/mol. The Morgan fingerprint density at radius 2 is 2.40 bits per heavy atom. The second kappa shape index (κ2) is 2.94. The molecule has 0 saturated carbocycles. The van der Waals surface area contributed by atoms with Crippen molar-refractivity contribution in [2.24, 2.45) is 5.92 Å². The molecule has 1 rings (SSSR count). The Hall–Kier alpha value is -0.670. The molecular formula is C6H9F2NO. The third-order valence-corrected chi connectivity index (χ3v) is 1.68. The summed E-state index contributed by atoms with van der Waals surface area (Å²) in [5, 5.41) is 2.32. The van der Waals surface area contributed by atoms with E-state index >= 15 is 0 Å². The van der Waals surface area contributed by atoms with Crippen molar-refractivity contribution in [2.75, 3.05) is 13.2 Å². The number of hydrogen-bond donors (Lipinski definition) is 1. The molecule has 10 heavy (non-hydrogen) atoms. The van der Waals surface area contributed by atoms with E-state index in [0.29, 0.717) is 0 Å². The molecule has 1 aliphatic rings. The number of carbonyl (C=O) groups is 1. The predicted molar refractivity (Wildman–Crippen MR) is 32.0 cm³/mol. The van der Waals surface area contributed by atoms with E-state index in [1.807, 2.05) is 0 Å². The highest BCUT2D eigenvalue weighted by Gasteiger charge is 2.33. The van der Waals surface area contributed by atoms with Crippen LogP contribution in [0.1, 0.15) is 6.42 Å². The summed E-state index contributed by atoms with van der Waals surface area (Å²) in [6, 6.07) is 0. The first-order valence-corrected chi connectivity index (χ1v) is 3.23. The maximum atomic E-state index is 12.6. The van der Waals surface area contributed by atoms with Gasteiger partial charge in [-0.3, -0.25) is 9.18 Å². The Labute approximate surface area is 57.6 Å². The summed E-state index contributed by atoms with van der Waals surface area (Å²) < 4.78 is 24.2. The second-order valence-electron chi connectivity index (χ2n) is 2.38. The molecule has 0 aromatic heterocycles. The smallest absolute Gasteiger partial charge is 0.254 e. The number of amides is 1. The van der Waals surface area contributed by atoms with Crippen molar-refractivity contribution in [3.05, 3.63) is 0 Å². The van der Waals surface area contributed by atoms with Crippen molar-refractivity contribution in [3.8, 4) is 0 Å². The van der Waals surface area contributed by atoms with Gasteiger partial charge in [0.1, 0.15) is 0 Å². The minimum absolute atomic E-state index is 0.139. The lowest BCUT2D eigenvalue weighted by Gasteiger charge is -2.04. The summed E-state index contributed by atoms with van der Waals surface area (Å²) in [7, 11) is 0. The molecule has 2 atom stereocenters. The van der Waals surface area contributed by atoms with Gasteiger partial charge in [0.15, 0.2) is 6.17 Å². The normalized spacial score (nSPS) is 32.4. The topological polar surface area (TPSA) is 29.1 Å². The summed E-state index contributed by atoms with van der Waals surface area (Å²) in [6.07, 6.45) is -1.35. The fourth-order valence-electron chi connectivity index (χ4n) is 1.04. The van der Waals surface area contributed by atoms with Crippen molar-refractivity contribution < 1.29 is 13.6 Å². The van der Waals surface area contributed by atoms with Gasteiger partial charge in [-0.1, -0.05) is 0 Å². The van der Waals surface area contributed by atoms with E-state index in [0.717, 1.165) is 0 Å². The van der Waals surface area contributed by atoms with Crippen LogP contribution in [0.2, 0.25) is 0 Å². The molecule has 1 saturated heterocycles. The van der Waals surface area contributed by atoms with Gasteiger partial charge in [-0.2, -0.15) is 0 Å². The largest absolute Gasteiger partial charge is 0.353 e. The highest BCUT2D eigenvalue weighted by Crippen LogP contribution is 2.17. The zero-order valence-corrected chi connectivity index (χ0v) is 5.44. The molecule has 1 heterocycles. The molecule has 1 amide bonds. The molecule has 1 aliphatic heterocycles. The molecular weight excluding hydrogens is 140 g/mol. The summed E-state index contributed by atoms with van der Waals surface area (Å²) in [4.78, 5) is 10.5. The number of halogens is 2. The SMILES string of the molecule is O=C1NC[C@H](CCF)[C@@H]1F. The fraction of sp³-hybridized carbons (Fsp3) is 0.833. The van der Waals surface area contributed by atoms with E-state index in [4.69, 9.17) is 0 Å².